The highest BCUT2D eigenvalue weighted by molar-refractivity contribution is 6.30. The van der Waals surface area contributed by atoms with Gasteiger partial charge < -0.3 is 9.84 Å². The summed E-state index contributed by atoms with van der Waals surface area (Å²) in [6.45, 7) is 2.10. The summed E-state index contributed by atoms with van der Waals surface area (Å²) in [4.78, 5) is 0. The van der Waals surface area contributed by atoms with Crippen LogP contribution in [-0.4, -0.2) is 12.2 Å². The van der Waals surface area contributed by atoms with Gasteiger partial charge in [-0.2, -0.15) is 0 Å². The van der Waals surface area contributed by atoms with Gasteiger partial charge in [0.05, 0.1) is 7.11 Å². The van der Waals surface area contributed by atoms with E-state index in [1.54, 1.807) is 25.3 Å². The second-order valence-electron chi connectivity index (χ2n) is 4.38. The molecule has 2 aromatic rings. The van der Waals surface area contributed by atoms with E-state index in [1.165, 1.54) is 5.56 Å². The first-order valence-corrected chi connectivity index (χ1v) is 6.63. The highest BCUT2D eigenvalue weighted by Gasteiger charge is 2.15. The van der Waals surface area contributed by atoms with Gasteiger partial charge in [-0.25, -0.2) is 0 Å². The summed E-state index contributed by atoms with van der Waals surface area (Å²) in [7, 11) is 1.57. The fourth-order valence-electron chi connectivity index (χ4n) is 2.03. The molecular weight excluding hydrogens is 260 g/mol. The summed E-state index contributed by atoms with van der Waals surface area (Å²) < 4.78 is 5.27. The normalized spacial score (nSPS) is 12.2. The molecule has 0 radical (unpaired) electrons. The molecule has 0 saturated carbocycles. The summed E-state index contributed by atoms with van der Waals surface area (Å²) >= 11 is 5.92. The molecule has 3 heteroatoms. The van der Waals surface area contributed by atoms with Crippen molar-refractivity contribution < 1.29 is 9.84 Å². The van der Waals surface area contributed by atoms with Gasteiger partial charge in [0.2, 0.25) is 0 Å². The van der Waals surface area contributed by atoms with Crippen molar-refractivity contribution >= 4 is 11.6 Å². The van der Waals surface area contributed by atoms with Crippen molar-refractivity contribution in [2.75, 3.05) is 7.11 Å². The standard InChI is InChI=1S/C16H17ClO2/c1-3-11-4-6-12(7-5-11)16(18)14-9-8-13(17)10-15(14)19-2/h4-10,16,18H,3H2,1-2H3. The molecule has 0 aromatic heterocycles. The van der Waals surface area contributed by atoms with Crippen molar-refractivity contribution in [3.8, 4) is 5.75 Å². The topological polar surface area (TPSA) is 29.5 Å². The van der Waals surface area contributed by atoms with E-state index in [1.807, 2.05) is 24.3 Å². The Morgan fingerprint density at radius 2 is 1.84 bits per heavy atom. The van der Waals surface area contributed by atoms with E-state index in [4.69, 9.17) is 16.3 Å². The monoisotopic (exact) mass is 276 g/mol. The van der Waals surface area contributed by atoms with Gasteiger partial charge in [-0.15, -0.1) is 0 Å². The Balaban J connectivity index is 2.34. The van der Waals surface area contributed by atoms with Crippen LogP contribution in [0, 0.1) is 0 Å². The molecule has 100 valence electrons. The zero-order chi connectivity index (χ0) is 13.8. The molecule has 2 rings (SSSR count). The van der Waals surface area contributed by atoms with Crippen LogP contribution in [0.2, 0.25) is 5.02 Å². The lowest BCUT2D eigenvalue weighted by molar-refractivity contribution is 0.214. The van der Waals surface area contributed by atoms with Crippen LogP contribution in [0.4, 0.5) is 0 Å². The van der Waals surface area contributed by atoms with Crippen LogP contribution >= 0.6 is 11.6 Å². The lowest BCUT2D eigenvalue weighted by Crippen LogP contribution is -2.02. The fraction of sp³-hybridized carbons (Fsp3) is 0.250. The molecule has 2 aromatic carbocycles. The minimum atomic E-state index is -0.710. The average molecular weight is 277 g/mol. The van der Waals surface area contributed by atoms with Crippen molar-refractivity contribution in [2.24, 2.45) is 0 Å². The molecule has 0 bridgehead atoms. The molecule has 0 aliphatic carbocycles. The van der Waals surface area contributed by atoms with Gasteiger partial charge in [-0.3, -0.25) is 0 Å². The van der Waals surface area contributed by atoms with Crippen molar-refractivity contribution in [2.45, 2.75) is 19.4 Å². The largest absolute Gasteiger partial charge is 0.496 e. The highest BCUT2D eigenvalue weighted by Crippen LogP contribution is 2.32. The van der Waals surface area contributed by atoms with Gasteiger partial charge in [0.15, 0.2) is 0 Å². The van der Waals surface area contributed by atoms with Gasteiger partial charge in [0.1, 0.15) is 11.9 Å². The maximum absolute atomic E-state index is 10.4. The van der Waals surface area contributed by atoms with E-state index >= 15 is 0 Å². The molecule has 0 amide bonds. The van der Waals surface area contributed by atoms with Crippen LogP contribution in [0.1, 0.15) is 29.7 Å². The van der Waals surface area contributed by atoms with E-state index in [-0.39, 0.29) is 0 Å². The Kier molecular flexibility index (Phi) is 4.46. The number of methoxy groups -OCH3 is 1. The number of hydrogen-bond acceptors (Lipinski definition) is 2. The Morgan fingerprint density at radius 1 is 1.16 bits per heavy atom. The van der Waals surface area contributed by atoms with Crippen LogP contribution in [0.3, 0.4) is 0 Å². The van der Waals surface area contributed by atoms with Crippen LogP contribution in [0.5, 0.6) is 5.75 Å². The van der Waals surface area contributed by atoms with Crippen molar-refractivity contribution in [1.82, 2.24) is 0 Å². The van der Waals surface area contributed by atoms with Gasteiger partial charge in [-0.1, -0.05) is 48.9 Å². The Labute approximate surface area is 118 Å². The van der Waals surface area contributed by atoms with Gasteiger partial charge in [0, 0.05) is 10.6 Å². The number of aliphatic hydroxyl groups excluding tert-OH is 1. The number of rotatable bonds is 4. The molecular formula is C16H17ClO2. The zero-order valence-corrected chi connectivity index (χ0v) is 11.8. The summed E-state index contributed by atoms with van der Waals surface area (Å²) in [5.41, 5.74) is 2.81. The van der Waals surface area contributed by atoms with Crippen LogP contribution in [-0.2, 0) is 6.42 Å². The molecule has 1 N–H and O–H groups in total. The average Bonchev–Trinajstić information content (AvgIpc) is 2.46. The van der Waals surface area contributed by atoms with Crippen LogP contribution in [0.15, 0.2) is 42.5 Å². The van der Waals surface area contributed by atoms with E-state index in [9.17, 15) is 5.11 Å². The third-order valence-electron chi connectivity index (χ3n) is 3.19. The van der Waals surface area contributed by atoms with Crippen LogP contribution < -0.4 is 4.74 Å². The smallest absolute Gasteiger partial charge is 0.126 e. The fourth-order valence-corrected chi connectivity index (χ4v) is 2.19. The van der Waals surface area contributed by atoms with E-state index in [2.05, 4.69) is 6.92 Å². The summed E-state index contributed by atoms with van der Waals surface area (Å²) in [5, 5.41) is 11.0. The summed E-state index contributed by atoms with van der Waals surface area (Å²) in [6, 6.07) is 13.2. The SMILES string of the molecule is CCc1ccc(C(O)c2ccc(Cl)cc2OC)cc1. The molecule has 1 unspecified atom stereocenters. The minimum Gasteiger partial charge on any atom is -0.496 e. The predicted octanol–water partition coefficient (Wildman–Crippen LogP) is 3.99. The number of halogens is 1. The number of aryl methyl sites for hydroxylation is 1. The first kappa shape index (κ1) is 13.9. The summed E-state index contributed by atoms with van der Waals surface area (Å²) in [6.07, 6.45) is 0.277. The number of aliphatic hydroxyl groups is 1. The summed E-state index contributed by atoms with van der Waals surface area (Å²) in [5.74, 6) is 0.597. The van der Waals surface area contributed by atoms with Crippen molar-refractivity contribution in [3.63, 3.8) is 0 Å². The van der Waals surface area contributed by atoms with Crippen molar-refractivity contribution in [1.29, 1.82) is 0 Å². The predicted molar refractivity (Wildman–Crippen MR) is 77.9 cm³/mol. The highest BCUT2D eigenvalue weighted by atomic mass is 35.5. The quantitative estimate of drug-likeness (QED) is 0.915. The molecule has 0 heterocycles. The second kappa shape index (κ2) is 6.09. The number of ether oxygens (including phenoxy) is 1. The molecule has 0 aliphatic heterocycles. The molecule has 0 spiro atoms. The minimum absolute atomic E-state index is 0.592. The first-order valence-electron chi connectivity index (χ1n) is 6.26. The van der Waals surface area contributed by atoms with E-state index in [0.717, 1.165) is 17.5 Å². The number of benzene rings is 2. The van der Waals surface area contributed by atoms with Crippen LogP contribution in [0.25, 0.3) is 0 Å². The Hall–Kier alpha value is -1.51. The second-order valence-corrected chi connectivity index (χ2v) is 4.82. The first-order chi connectivity index (χ1) is 9.15. The Bertz CT molecular complexity index is 549. The van der Waals surface area contributed by atoms with Gasteiger partial charge in [-0.05, 0) is 29.7 Å². The third-order valence-corrected chi connectivity index (χ3v) is 3.43. The third kappa shape index (κ3) is 3.09. The van der Waals surface area contributed by atoms with Gasteiger partial charge in [0.25, 0.3) is 0 Å². The molecule has 2 nitrogen and oxygen atoms in total. The number of hydrogen-bond donors (Lipinski definition) is 1. The maximum Gasteiger partial charge on any atom is 0.126 e. The molecule has 0 fully saturated rings. The van der Waals surface area contributed by atoms with Crippen molar-refractivity contribution in [3.05, 3.63) is 64.2 Å². The van der Waals surface area contributed by atoms with E-state index < -0.39 is 6.10 Å². The lowest BCUT2D eigenvalue weighted by Gasteiger charge is -2.15. The Morgan fingerprint density at radius 3 is 2.42 bits per heavy atom. The molecule has 0 saturated heterocycles. The maximum atomic E-state index is 10.4. The molecule has 0 aliphatic rings. The zero-order valence-electron chi connectivity index (χ0n) is 11.1. The molecule has 1 atom stereocenters. The lowest BCUT2D eigenvalue weighted by atomic mass is 9.99. The van der Waals surface area contributed by atoms with Gasteiger partial charge >= 0.3 is 0 Å². The molecule has 19 heavy (non-hydrogen) atoms. The van der Waals surface area contributed by atoms with E-state index in [0.29, 0.717) is 10.8 Å².